The lowest BCUT2D eigenvalue weighted by Gasteiger charge is -2.26. The Kier molecular flexibility index (Phi) is 2.83. The van der Waals surface area contributed by atoms with Crippen molar-refractivity contribution in [1.29, 1.82) is 0 Å². The van der Waals surface area contributed by atoms with E-state index in [0.717, 1.165) is 12.1 Å². The number of hydroxylamine groups is 1. The van der Waals surface area contributed by atoms with E-state index in [1.807, 2.05) is 0 Å². The third-order valence-corrected chi connectivity index (χ3v) is 2.36. The van der Waals surface area contributed by atoms with Crippen molar-refractivity contribution in [2.45, 2.75) is 12.5 Å². The third-order valence-electron chi connectivity index (χ3n) is 2.36. The molecule has 1 aliphatic rings. The van der Waals surface area contributed by atoms with E-state index in [9.17, 15) is 8.78 Å². The molecular formula is C10H11F2NO2. The van der Waals surface area contributed by atoms with Gasteiger partial charge in [-0.3, -0.25) is 0 Å². The van der Waals surface area contributed by atoms with Crippen molar-refractivity contribution in [1.82, 2.24) is 5.48 Å². The highest BCUT2D eigenvalue weighted by atomic mass is 19.1. The van der Waals surface area contributed by atoms with Crippen LogP contribution in [0.1, 0.15) is 18.0 Å². The molecule has 1 N–H and O–H groups in total. The highest BCUT2D eigenvalue weighted by molar-refractivity contribution is 5.39. The average molecular weight is 215 g/mol. The summed E-state index contributed by atoms with van der Waals surface area (Å²) in [7, 11) is 1.44. The molecule has 5 heteroatoms. The van der Waals surface area contributed by atoms with Crippen molar-refractivity contribution in [2.24, 2.45) is 0 Å². The van der Waals surface area contributed by atoms with E-state index >= 15 is 0 Å². The van der Waals surface area contributed by atoms with E-state index in [1.54, 1.807) is 0 Å². The van der Waals surface area contributed by atoms with Gasteiger partial charge in [-0.25, -0.2) is 8.78 Å². The van der Waals surface area contributed by atoms with Crippen molar-refractivity contribution in [3.63, 3.8) is 0 Å². The van der Waals surface area contributed by atoms with Gasteiger partial charge in [-0.05, 0) is 12.1 Å². The first kappa shape index (κ1) is 10.3. The van der Waals surface area contributed by atoms with Crippen LogP contribution in [-0.2, 0) is 4.84 Å². The number of fused-ring (bicyclic) bond motifs is 1. The molecule has 15 heavy (non-hydrogen) atoms. The summed E-state index contributed by atoms with van der Waals surface area (Å²) in [5.74, 6) is -1.05. The zero-order valence-corrected chi connectivity index (χ0v) is 8.22. The molecule has 0 saturated carbocycles. The van der Waals surface area contributed by atoms with Crippen LogP contribution in [0.2, 0.25) is 0 Å². The Hall–Kier alpha value is -1.20. The molecule has 1 unspecified atom stereocenters. The van der Waals surface area contributed by atoms with Gasteiger partial charge in [0.05, 0.1) is 25.3 Å². The summed E-state index contributed by atoms with van der Waals surface area (Å²) in [6.45, 7) is 0.342. The maximum absolute atomic E-state index is 13.5. The Morgan fingerprint density at radius 3 is 2.87 bits per heavy atom. The Morgan fingerprint density at radius 1 is 1.40 bits per heavy atom. The maximum atomic E-state index is 13.5. The molecule has 0 aromatic heterocycles. The number of ether oxygens (including phenoxy) is 1. The van der Waals surface area contributed by atoms with E-state index in [2.05, 4.69) is 5.48 Å². The zero-order chi connectivity index (χ0) is 10.8. The fourth-order valence-corrected chi connectivity index (χ4v) is 1.70. The number of halogens is 2. The third kappa shape index (κ3) is 1.80. The number of rotatable bonds is 2. The highest BCUT2D eigenvalue weighted by Crippen LogP contribution is 2.35. The van der Waals surface area contributed by atoms with Gasteiger partial charge < -0.3 is 9.57 Å². The molecule has 0 radical (unpaired) electrons. The normalized spacial score (nSPS) is 19.5. The van der Waals surface area contributed by atoms with E-state index in [1.165, 1.54) is 7.11 Å². The van der Waals surface area contributed by atoms with Crippen LogP contribution in [0.5, 0.6) is 5.75 Å². The van der Waals surface area contributed by atoms with Gasteiger partial charge in [-0.15, -0.1) is 0 Å². The van der Waals surface area contributed by atoms with E-state index in [-0.39, 0.29) is 17.4 Å². The predicted octanol–water partition coefficient (Wildman–Crippen LogP) is 1.94. The van der Waals surface area contributed by atoms with Gasteiger partial charge in [-0.2, -0.15) is 5.48 Å². The molecule has 0 saturated heterocycles. The second-order valence-corrected chi connectivity index (χ2v) is 3.28. The second kappa shape index (κ2) is 4.12. The van der Waals surface area contributed by atoms with Crippen LogP contribution < -0.4 is 10.2 Å². The van der Waals surface area contributed by atoms with Gasteiger partial charge in [0.1, 0.15) is 5.82 Å². The summed E-state index contributed by atoms with van der Waals surface area (Å²) in [6, 6.07) is 1.78. The summed E-state index contributed by atoms with van der Waals surface area (Å²) < 4.78 is 31.9. The molecule has 3 nitrogen and oxygen atoms in total. The Morgan fingerprint density at radius 2 is 2.13 bits per heavy atom. The first-order chi connectivity index (χ1) is 7.24. The first-order valence-electron chi connectivity index (χ1n) is 4.63. The van der Waals surface area contributed by atoms with Gasteiger partial charge in [0.25, 0.3) is 0 Å². The summed E-state index contributed by atoms with van der Waals surface area (Å²) >= 11 is 0. The van der Waals surface area contributed by atoms with Crippen LogP contribution >= 0.6 is 0 Å². The minimum atomic E-state index is -0.547. The number of hydrogen-bond donors (Lipinski definition) is 1. The Labute approximate surface area is 85.9 Å². The van der Waals surface area contributed by atoms with Gasteiger partial charge in [-0.1, -0.05) is 0 Å². The number of benzene rings is 1. The highest BCUT2D eigenvalue weighted by Gasteiger charge is 2.27. The summed E-state index contributed by atoms with van der Waals surface area (Å²) in [5.41, 5.74) is 2.82. The SMILES string of the molecule is CONC1CCOc2c(F)ccc(F)c21. The summed E-state index contributed by atoms with van der Waals surface area (Å²) in [4.78, 5) is 4.74. The maximum Gasteiger partial charge on any atom is 0.165 e. The topological polar surface area (TPSA) is 30.5 Å². The van der Waals surface area contributed by atoms with Crippen LogP contribution in [0, 0.1) is 11.6 Å². The Balaban J connectivity index is 2.45. The molecule has 0 amide bonds. The van der Waals surface area contributed by atoms with Crippen LogP contribution in [0.4, 0.5) is 8.78 Å². The fourth-order valence-electron chi connectivity index (χ4n) is 1.70. The molecule has 0 fully saturated rings. The van der Waals surface area contributed by atoms with E-state index in [4.69, 9.17) is 9.57 Å². The smallest absolute Gasteiger partial charge is 0.165 e. The molecule has 1 aromatic rings. The lowest BCUT2D eigenvalue weighted by Crippen LogP contribution is -2.27. The van der Waals surface area contributed by atoms with Crippen molar-refractivity contribution in [2.75, 3.05) is 13.7 Å². The van der Waals surface area contributed by atoms with E-state index in [0.29, 0.717) is 13.0 Å². The van der Waals surface area contributed by atoms with Crippen molar-refractivity contribution < 1.29 is 18.4 Å². The molecule has 1 aliphatic heterocycles. The first-order valence-corrected chi connectivity index (χ1v) is 4.63. The molecule has 1 atom stereocenters. The van der Waals surface area contributed by atoms with Gasteiger partial charge in [0.15, 0.2) is 11.6 Å². The van der Waals surface area contributed by atoms with Crippen LogP contribution in [-0.4, -0.2) is 13.7 Å². The van der Waals surface area contributed by atoms with Gasteiger partial charge in [0.2, 0.25) is 0 Å². The molecule has 82 valence electrons. The van der Waals surface area contributed by atoms with Crippen LogP contribution in [0.25, 0.3) is 0 Å². The largest absolute Gasteiger partial charge is 0.490 e. The zero-order valence-electron chi connectivity index (χ0n) is 8.22. The minimum Gasteiger partial charge on any atom is -0.490 e. The monoisotopic (exact) mass is 215 g/mol. The molecule has 0 spiro atoms. The standard InChI is InChI=1S/C10H11F2NO2/c1-14-13-8-4-5-15-10-7(12)3-2-6(11)9(8)10/h2-3,8,13H,4-5H2,1H3. The van der Waals surface area contributed by atoms with Gasteiger partial charge in [0, 0.05) is 6.42 Å². The summed E-state index contributed by atoms with van der Waals surface area (Å²) in [6.07, 6.45) is 0.543. The van der Waals surface area contributed by atoms with E-state index < -0.39 is 11.6 Å². The second-order valence-electron chi connectivity index (χ2n) is 3.28. The van der Waals surface area contributed by atoms with Crippen molar-refractivity contribution in [3.8, 4) is 5.75 Å². The molecule has 1 heterocycles. The van der Waals surface area contributed by atoms with Crippen LogP contribution in [0.15, 0.2) is 12.1 Å². The quantitative estimate of drug-likeness (QED) is 0.765. The molecule has 0 bridgehead atoms. The number of hydrogen-bond acceptors (Lipinski definition) is 3. The molecule has 2 rings (SSSR count). The lowest BCUT2D eigenvalue weighted by molar-refractivity contribution is 0.0440. The lowest BCUT2D eigenvalue weighted by atomic mass is 10.0. The predicted molar refractivity (Wildman–Crippen MR) is 49.4 cm³/mol. The Bertz CT molecular complexity index is 371. The van der Waals surface area contributed by atoms with Gasteiger partial charge >= 0.3 is 0 Å². The van der Waals surface area contributed by atoms with Crippen LogP contribution in [0.3, 0.4) is 0 Å². The molecular weight excluding hydrogens is 204 g/mol. The number of nitrogens with one attached hydrogen (secondary N) is 1. The summed E-state index contributed by atoms with van der Waals surface area (Å²) in [5, 5.41) is 0. The minimum absolute atomic E-state index is 0.0178. The van der Waals surface area contributed by atoms with Crippen molar-refractivity contribution in [3.05, 3.63) is 29.3 Å². The molecule has 1 aromatic carbocycles. The fraction of sp³-hybridized carbons (Fsp3) is 0.400. The van der Waals surface area contributed by atoms with Crippen molar-refractivity contribution >= 4 is 0 Å². The average Bonchev–Trinajstić information content (AvgIpc) is 2.24. The molecule has 0 aliphatic carbocycles.